The molecule has 1 aromatic heterocycles. The molecule has 0 spiro atoms. The summed E-state index contributed by atoms with van der Waals surface area (Å²) in [4.78, 5) is 8.65. The van der Waals surface area contributed by atoms with Crippen molar-refractivity contribution in [2.24, 2.45) is 0 Å². The molecule has 0 bridgehead atoms. The average Bonchev–Trinajstić information content (AvgIpc) is 2.66. The molecular weight excluding hydrogens is 371 g/mol. The predicted octanol–water partition coefficient (Wildman–Crippen LogP) is 5.19. The van der Waals surface area contributed by atoms with Gasteiger partial charge in [0.15, 0.2) is 0 Å². The summed E-state index contributed by atoms with van der Waals surface area (Å²) >= 11 is 12.3. The van der Waals surface area contributed by atoms with Crippen molar-refractivity contribution in [3.63, 3.8) is 0 Å². The summed E-state index contributed by atoms with van der Waals surface area (Å²) in [7, 11) is 1.68. The highest BCUT2D eigenvalue weighted by molar-refractivity contribution is 6.39. The van der Waals surface area contributed by atoms with Crippen molar-refractivity contribution in [2.45, 2.75) is 6.42 Å². The molecule has 0 unspecified atom stereocenters. The van der Waals surface area contributed by atoms with Gasteiger partial charge in [0.1, 0.15) is 11.6 Å². The normalized spacial score (nSPS) is 10.4. The van der Waals surface area contributed by atoms with Gasteiger partial charge >= 0.3 is 0 Å². The number of aromatic nitrogens is 2. The number of hydrogen-bond donors (Lipinski definition) is 2. The quantitative estimate of drug-likeness (QED) is 0.582. The van der Waals surface area contributed by atoms with Crippen LogP contribution in [0.3, 0.4) is 0 Å². The number of halogens is 2. The fraction of sp³-hybridized carbons (Fsp3) is 0.158. The Balaban J connectivity index is 1.64. The van der Waals surface area contributed by atoms with Crippen LogP contribution < -0.4 is 15.4 Å². The third kappa shape index (κ3) is 4.56. The molecule has 0 aliphatic heterocycles. The van der Waals surface area contributed by atoms with E-state index in [0.29, 0.717) is 34.0 Å². The van der Waals surface area contributed by atoms with Crippen molar-refractivity contribution >= 4 is 40.7 Å². The van der Waals surface area contributed by atoms with Crippen LogP contribution in [0.25, 0.3) is 0 Å². The van der Waals surface area contributed by atoms with Crippen LogP contribution >= 0.6 is 23.2 Å². The minimum atomic E-state index is 0.419. The Hall–Kier alpha value is -2.50. The Morgan fingerprint density at radius 3 is 2.54 bits per heavy atom. The first-order valence-electron chi connectivity index (χ1n) is 8.07. The Morgan fingerprint density at radius 1 is 1.00 bits per heavy atom. The zero-order valence-electron chi connectivity index (χ0n) is 14.2. The van der Waals surface area contributed by atoms with Crippen molar-refractivity contribution in [2.75, 3.05) is 24.3 Å². The SMILES string of the molecule is COc1ccccc1CCNc1ccnc(Nc2c(Cl)cccc2Cl)n1. The molecule has 26 heavy (non-hydrogen) atoms. The van der Waals surface area contributed by atoms with Crippen LogP contribution in [0.15, 0.2) is 54.7 Å². The summed E-state index contributed by atoms with van der Waals surface area (Å²) < 4.78 is 5.37. The van der Waals surface area contributed by atoms with Crippen LogP contribution in [0.5, 0.6) is 5.75 Å². The molecule has 0 atom stereocenters. The van der Waals surface area contributed by atoms with Crippen LogP contribution in [0, 0.1) is 0 Å². The molecule has 0 saturated carbocycles. The van der Waals surface area contributed by atoms with Gasteiger partial charge in [-0.1, -0.05) is 47.5 Å². The Bertz CT molecular complexity index is 869. The summed E-state index contributed by atoms with van der Waals surface area (Å²) in [6.07, 6.45) is 2.48. The molecule has 3 aromatic rings. The van der Waals surface area contributed by atoms with Gasteiger partial charge in [0.05, 0.1) is 22.8 Å². The molecule has 2 N–H and O–H groups in total. The van der Waals surface area contributed by atoms with Crippen molar-refractivity contribution < 1.29 is 4.74 Å². The van der Waals surface area contributed by atoms with Gasteiger partial charge in [0.2, 0.25) is 5.95 Å². The fourth-order valence-corrected chi connectivity index (χ4v) is 2.97. The van der Waals surface area contributed by atoms with Gasteiger partial charge in [-0.3, -0.25) is 0 Å². The smallest absolute Gasteiger partial charge is 0.229 e. The van der Waals surface area contributed by atoms with E-state index in [1.807, 2.05) is 30.3 Å². The van der Waals surface area contributed by atoms with Crippen LogP contribution in [0.2, 0.25) is 10.0 Å². The maximum absolute atomic E-state index is 6.17. The molecule has 7 heteroatoms. The van der Waals surface area contributed by atoms with E-state index >= 15 is 0 Å². The third-order valence-corrected chi connectivity index (χ3v) is 4.38. The zero-order valence-corrected chi connectivity index (χ0v) is 15.7. The lowest BCUT2D eigenvalue weighted by Gasteiger charge is -2.11. The van der Waals surface area contributed by atoms with E-state index in [9.17, 15) is 0 Å². The minimum Gasteiger partial charge on any atom is -0.496 e. The van der Waals surface area contributed by atoms with Gasteiger partial charge in [-0.25, -0.2) is 4.98 Å². The second-order valence-corrected chi connectivity index (χ2v) is 6.29. The van der Waals surface area contributed by atoms with E-state index in [1.165, 1.54) is 0 Å². The second-order valence-electron chi connectivity index (χ2n) is 5.48. The Morgan fingerprint density at radius 2 is 1.77 bits per heavy atom. The molecule has 0 aliphatic carbocycles. The van der Waals surface area contributed by atoms with Crippen molar-refractivity contribution in [3.8, 4) is 5.75 Å². The molecule has 134 valence electrons. The van der Waals surface area contributed by atoms with Crippen molar-refractivity contribution in [3.05, 3.63) is 70.3 Å². The number of rotatable bonds is 7. The maximum atomic E-state index is 6.17. The lowest BCUT2D eigenvalue weighted by molar-refractivity contribution is 0.410. The largest absolute Gasteiger partial charge is 0.496 e. The highest BCUT2D eigenvalue weighted by Gasteiger charge is 2.08. The number of nitrogens with one attached hydrogen (secondary N) is 2. The molecule has 0 saturated heterocycles. The van der Waals surface area contributed by atoms with Gasteiger partial charge in [-0.15, -0.1) is 0 Å². The molecule has 2 aromatic carbocycles. The highest BCUT2D eigenvalue weighted by atomic mass is 35.5. The lowest BCUT2D eigenvalue weighted by atomic mass is 10.1. The zero-order chi connectivity index (χ0) is 18.4. The van der Waals surface area contributed by atoms with Gasteiger partial charge in [-0.2, -0.15) is 4.98 Å². The lowest BCUT2D eigenvalue weighted by Crippen LogP contribution is -2.08. The number of nitrogens with zero attached hydrogens (tertiary/aromatic N) is 2. The van der Waals surface area contributed by atoms with E-state index in [0.717, 1.165) is 17.7 Å². The molecule has 1 heterocycles. The standard InChI is InChI=1S/C19H18Cl2N4O/c1-26-16-8-3-2-5-13(16)9-11-22-17-10-12-23-19(24-17)25-18-14(20)6-4-7-15(18)21/h2-8,10,12H,9,11H2,1H3,(H2,22,23,24,25). The van der Waals surface area contributed by atoms with E-state index in [2.05, 4.69) is 20.6 Å². The summed E-state index contributed by atoms with van der Waals surface area (Å²) in [6, 6.07) is 15.1. The summed E-state index contributed by atoms with van der Waals surface area (Å²) in [5, 5.41) is 7.37. The topological polar surface area (TPSA) is 59.1 Å². The van der Waals surface area contributed by atoms with Crippen LogP contribution in [0.4, 0.5) is 17.5 Å². The first-order valence-corrected chi connectivity index (χ1v) is 8.83. The predicted molar refractivity (Wildman–Crippen MR) is 107 cm³/mol. The molecule has 3 rings (SSSR count). The van der Waals surface area contributed by atoms with E-state index in [1.54, 1.807) is 31.5 Å². The third-order valence-electron chi connectivity index (χ3n) is 3.75. The van der Waals surface area contributed by atoms with E-state index < -0.39 is 0 Å². The number of benzene rings is 2. The van der Waals surface area contributed by atoms with Gasteiger partial charge in [0, 0.05) is 12.7 Å². The van der Waals surface area contributed by atoms with Gasteiger partial charge in [0.25, 0.3) is 0 Å². The number of para-hydroxylation sites is 2. The molecule has 5 nitrogen and oxygen atoms in total. The maximum Gasteiger partial charge on any atom is 0.229 e. The molecule has 0 aliphatic rings. The Kier molecular flexibility index (Phi) is 6.15. The molecule has 0 amide bonds. The summed E-state index contributed by atoms with van der Waals surface area (Å²) in [6.45, 7) is 0.712. The highest BCUT2D eigenvalue weighted by Crippen LogP contribution is 2.31. The van der Waals surface area contributed by atoms with Gasteiger partial charge < -0.3 is 15.4 Å². The first kappa shape index (κ1) is 18.3. The van der Waals surface area contributed by atoms with E-state index in [-0.39, 0.29) is 0 Å². The van der Waals surface area contributed by atoms with Gasteiger partial charge in [-0.05, 0) is 36.2 Å². The fourth-order valence-electron chi connectivity index (χ4n) is 2.48. The van der Waals surface area contributed by atoms with Crippen LogP contribution in [-0.4, -0.2) is 23.6 Å². The summed E-state index contributed by atoms with van der Waals surface area (Å²) in [5.41, 5.74) is 1.72. The van der Waals surface area contributed by atoms with Crippen LogP contribution in [0.1, 0.15) is 5.56 Å². The average molecular weight is 389 g/mol. The number of anilines is 3. The van der Waals surface area contributed by atoms with Crippen molar-refractivity contribution in [1.82, 2.24) is 9.97 Å². The summed E-state index contributed by atoms with van der Waals surface area (Å²) in [5.74, 6) is 2.01. The van der Waals surface area contributed by atoms with Crippen LogP contribution in [-0.2, 0) is 6.42 Å². The molecule has 0 radical (unpaired) electrons. The van der Waals surface area contributed by atoms with Crippen molar-refractivity contribution in [1.29, 1.82) is 0 Å². The second kappa shape index (κ2) is 8.74. The minimum absolute atomic E-state index is 0.419. The number of hydrogen-bond acceptors (Lipinski definition) is 5. The number of methoxy groups -OCH3 is 1. The monoisotopic (exact) mass is 388 g/mol. The molecular formula is C19H18Cl2N4O. The molecule has 0 fully saturated rings. The van der Waals surface area contributed by atoms with E-state index in [4.69, 9.17) is 27.9 Å². The Labute approximate surface area is 162 Å². The number of ether oxygens (including phenoxy) is 1. The first-order chi connectivity index (χ1) is 12.7.